The molecule has 2 heterocycles. The van der Waals surface area contributed by atoms with Gasteiger partial charge in [-0.3, -0.25) is 0 Å². The van der Waals surface area contributed by atoms with Gasteiger partial charge in [-0.15, -0.1) is 0 Å². The lowest BCUT2D eigenvalue weighted by Gasteiger charge is -2.38. The topological polar surface area (TPSA) is 64.3 Å². The van der Waals surface area contributed by atoms with Crippen molar-refractivity contribution in [2.24, 2.45) is 5.73 Å². The highest BCUT2D eigenvalue weighted by Crippen LogP contribution is 2.18. The summed E-state index contributed by atoms with van der Waals surface area (Å²) in [5.74, 6) is 1.75. The number of hydrogen-bond acceptors (Lipinski definition) is 5. The molecule has 2 rings (SSSR count). The molecule has 0 spiro atoms. The number of nitrogens with zero attached hydrogens (tertiary/aromatic N) is 3. The van der Waals surface area contributed by atoms with Gasteiger partial charge in [0.05, 0.1) is 18.8 Å². The second kappa shape index (κ2) is 4.76. The highest BCUT2D eigenvalue weighted by atomic mass is 16.5. The fourth-order valence-corrected chi connectivity index (χ4v) is 1.88. The second-order valence-electron chi connectivity index (χ2n) is 4.15. The molecule has 1 aromatic rings. The maximum absolute atomic E-state index is 5.63. The van der Waals surface area contributed by atoms with Crippen LogP contribution in [0.1, 0.15) is 12.7 Å². The van der Waals surface area contributed by atoms with Crippen LogP contribution in [0.3, 0.4) is 0 Å². The van der Waals surface area contributed by atoms with Gasteiger partial charge in [0, 0.05) is 19.3 Å². The normalized spacial score (nSPS) is 25.8. The van der Waals surface area contributed by atoms with Crippen molar-refractivity contribution in [1.82, 2.24) is 9.97 Å². The molecule has 1 aromatic heterocycles. The van der Waals surface area contributed by atoms with Gasteiger partial charge in [0.15, 0.2) is 0 Å². The summed E-state index contributed by atoms with van der Waals surface area (Å²) < 4.78 is 5.61. The Hall–Kier alpha value is -1.20. The monoisotopic (exact) mass is 222 g/mol. The van der Waals surface area contributed by atoms with Gasteiger partial charge >= 0.3 is 0 Å². The Kier molecular flexibility index (Phi) is 3.36. The van der Waals surface area contributed by atoms with Gasteiger partial charge in [-0.25, -0.2) is 9.97 Å². The van der Waals surface area contributed by atoms with E-state index in [0.29, 0.717) is 19.2 Å². The van der Waals surface area contributed by atoms with Crippen molar-refractivity contribution in [1.29, 1.82) is 0 Å². The van der Waals surface area contributed by atoms with Gasteiger partial charge < -0.3 is 15.4 Å². The fraction of sp³-hybridized carbons (Fsp3) is 0.636. The zero-order valence-corrected chi connectivity index (χ0v) is 9.76. The summed E-state index contributed by atoms with van der Waals surface area (Å²) in [4.78, 5) is 10.8. The van der Waals surface area contributed by atoms with Crippen molar-refractivity contribution in [3.63, 3.8) is 0 Å². The van der Waals surface area contributed by atoms with Gasteiger partial charge in [0.25, 0.3) is 0 Å². The summed E-state index contributed by atoms with van der Waals surface area (Å²) in [7, 11) is 0. The van der Waals surface area contributed by atoms with Crippen molar-refractivity contribution in [3.8, 4) is 0 Å². The molecule has 1 fully saturated rings. The standard InChI is InChI=1S/C11H18N4O/c1-8-7-16-10(5-12)6-15(8)11-3-4-13-9(2)14-11/h3-4,8,10H,5-7,12H2,1-2H3. The van der Waals surface area contributed by atoms with E-state index in [1.807, 2.05) is 13.0 Å². The molecule has 0 amide bonds. The molecule has 88 valence electrons. The minimum absolute atomic E-state index is 0.103. The molecule has 0 radical (unpaired) electrons. The Morgan fingerprint density at radius 3 is 3.12 bits per heavy atom. The Morgan fingerprint density at radius 1 is 1.62 bits per heavy atom. The first-order valence-electron chi connectivity index (χ1n) is 5.58. The number of anilines is 1. The predicted octanol–water partition coefficient (Wildman–Crippen LogP) is 0.337. The molecular weight excluding hydrogens is 204 g/mol. The molecule has 1 aliphatic heterocycles. The van der Waals surface area contributed by atoms with Gasteiger partial charge in [0.2, 0.25) is 0 Å². The minimum Gasteiger partial charge on any atom is -0.373 e. The Bertz CT molecular complexity index is 358. The number of rotatable bonds is 2. The summed E-state index contributed by atoms with van der Waals surface area (Å²) in [5.41, 5.74) is 5.63. The van der Waals surface area contributed by atoms with E-state index in [1.165, 1.54) is 0 Å². The highest BCUT2D eigenvalue weighted by molar-refractivity contribution is 5.39. The molecule has 5 heteroatoms. The SMILES string of the molecule is Cc1nccc(N2CC(CN)OCC2C)n1. The van der Waals surface area contributed by atoms with E-state index in [0.717, 1.165) is 18.2 Å². The maximum atomic E-state index is 5.63. The van der Waals surface area contributed by atoms with Crippen LogP contribution in [0.2, 0.25) is 0 Å². The molecule has 2 unspecified atom stereocenters. The van der Waals surface area contributed by atoms with Crippen LogP contribution >= 0.6 is 0 Å². The van der Waals surface area contributed by atoms with Crippen LogP contribution in [0, 0.1) is 6.92 Å². The summed E-state index contributed by atoms with van der Waals surface area (Å²) in [6.45, 7) is 6.07. The van der Waals surface area contributed by atoms with Crippen molar-refractivity contribution in [3.05, 3.63) is 18.1 Å². The Balaban J connectivity index is 2.17. The molecule has 0 saturated carbocycles. The molecule has 1 aliphatic rings. The number of hydrogen-bond donors (Lipinski definition) is 1. The van der Waals surface area contributed by atoms with E-state index in [9.17, 15) is 0 Å². The summed E-state index contributed by atoms with van der Waals surface area (Å²) in [6.07, 6.45) is 1.89. The fourth-order valence-electron chi connectivity index (χ4n) is 1.88. The Labute approximate surface area is 95.6 Å². The second-order valence-corrected chi connectivity index (χ2v) is 4.15. The number of aromatic nitrogens is 2. The third-order valence-electron chi connectivity index (χ3n) is 2.82. The van der Waals surface area contributed by atoms with Gasteiger partial charge in [-0.1, -0.05) is 0 Å². The van der Waals surface area contributed by atoms with Crippen LogP contribution in [-0.2, 0) is 4.74 Å². The predicted molar refractivity (Wildman–Crippen MR) is 62.4 cm³/mol. The average molecular weight is 222 g/mol. The number of aryl methyl sites for hydroxylation is 1. The summed E-state index contributed by atoms with van der Waals surface area (Å²) in [5, 5.41) is 0. The van der Waals surface area contributed by atoms with E-state index in [-0.39, 0.29) is 6.10 Å². The van der Waals surface area contributed by atoms with Crippen LogP contribution in [0.5, 0.6) is 0 Å². The summed E-state index contributed by atoms with van der Waals surface area (Å²) in [6, 6.07) is 2.26. The lowest BCUT2D eigenvalue weighted by atomic mass is 10.2. The lowest BCUT2D eigenvalue weighted by molar-refractivity contribution is 0.0280. The molecule has 2 atom stereocenters. The summed E-state index contributed by atoms with van der Waals surface area (Å²) >= 11 is 0. The smallest absolute Gasteiger partial charge is 0.132 e. The van der Waals surface area contributed by atoms with Crippen LogP contribution in [0.4, 0.5) is 5.82 Å². The van der Waals surface area contributed by atoms with Gasteiger partial charge in [0.1, 0.15) is 11.6 Å². The first kappa shape index (κ1) is 11.3. The van der Waals surface area contributed by atoms with Crippen LogP contribution in [0.15, 0.2) is 12.3 Å². The van der Waals surface area contributed by atoms with E-state index in [4.69, 9.17) is 10.5 Å². The van der Waals surface area contributed by atoms with E-state index < -0.39 is 0 Å². The lowest BCUT2D eigenvalue weighted by Crippen LogP contribution is -2.51. The van der Waals surface area contributed by atoms with E-state index in [1.54, 1.807) is 6.20 Å². The maximum Gasteiger partial charge on any atom is 0.132 e. The Morgan fingerprint density at radius 2 is 2.44 bits per heavy atom. The molecule has 2 N–H and O–H groups in total. The molecule has 0 aromatic carbocycles. The highest BCUT2D eigenvalue weighted by Gasteiger charge is 2.26. The molecule has 5 nitrogen and oxygen atoms in total. The minimum atomic E-state index is 0.103. The van der Waals surface area contributed by atoms with E-state index in [2.05, 4.69) is 21.8 Å². The van der Waals surface area contributed by atoms with Gasteiger partial charge in [-0.05, 0) is 19.9 Å². The van der Waals surface area contributed by atoms with Crippen LogP contribution in [0.25, 0.3) is 0 Å². The third-order valence-corrected chi connectivity index (χ3v) is 2.82. The van der Waals surface area contributed by atoms with Crippen molar-refractivity contribution < 1.29 is 4.74 Å². The first-order chi connectivity index (χ1) is 7.70. The molecule has 0 bridgehead atoms. The number of ether oxygens (including phenoxy) is 1. The molecular formula is C11H18N4O. The van der Waals surface area contributed by atoms with Crippen molar-refractivity contribution in [2.45, 2.75) is 26.0 Å². The van der Waals surface area contributed by atoms with Crippen molar-refractivity contribution in [2.75, 3.05) is 24.6 Å². The quantitative estimate of drug-likeness (QED) is 0.781. The van der Waals surface area contributed by atoms with Crippen molar-refractivity contribution >= 4 is 5.82 Å². The largest absolute Gasteiger partial charge is 0.373 e. The average Bonchev–Trinajstić information content (AvgIpc) is 2.30. The molecule has 16 heavy (non-hydrogen) atoms. The molecule has 1 saturated heterocycles. The zero-order valence-electron chi connectivity index (χ0n) is 9.76. The van der Waals surface area contributed by atoms with E-state index >= 15 is 0 Å². The number of nitrogens with two attached hydrogens (primary N) is 1. The van der Waals surface area contributed by atoms with Crippen LogP contribution in [-0.4, -0.2) is 41.8 Å². The third kappa shape index (κ3) is 2.31. The number of morpholine rings is 1. The zero-order chi connectivity index (χ0) is 11.5. The molecule has 0 aliphatic carbocycles. The first-order valence-corrected chi connectivity index (χ1v) is 5.58. The van der Waals surface area contributed by atoms with Crippen LogP contribution < -0.4 is 10.6 Å². The van der Waals surface area contributed by atoms with Gasteiger partial charge in [-0.2, -0.15) is 0 Å².